The molecule has 0 aliphatic heterocycles. The molecule has 58 valence electrons. The van der Waals surface area contributed by atoms with Gasteiger partial charge in [-0.1, -0.05) is 0 Å². The quantitative estimate of drug-likeness (QED) is 0.631. The van der Waals surface area contributed by atoms with Gasteiger partial charge in [-0.3, -0.25) is 9.74 Å². The fourth-order valence-corrected chi connectivity index (χ4v) is 0.285. The molecule has 0 aromatic carbocycles. The average molecular weight is 154 g/mol. The average Bonchev–Trinajstić information content (AvgIpc) is 1.85. The molecule has 0 aliphatic rings. The van der Waals surface area contributed by atoms with Crippen molar-refractivity contribution in [1.29, 1.82) is 0 Å². The van der Waals surface area contributed by atoms with Crippen molar-refractivity contribution in [2.45, 2.75) is 12.6 Å². The molecule has 1 N–H and O–H groups in total. The van der Waals surface area contributed by atoms with Crippen molar-refractivity contribution < 1.29 is 28.6 Å². The Morgan fingerprint density at radius 3 is 2.40 bits per heavy atom. The fraction of sp³-hybridized carbons (Fsp3) is 0.500. The van der Waals surface area contributed by atoms with E-state index < -0.39 is 24.5 Å². The first kappa shape index (κ1) is 8.80. The molecule has 0 bridgehead atoms. The number of halogens is 2. The van der Waals surface area contributed by atoms with Gasteiger partial charge in [-0.15, -0.1) is 0 Å². The highest BCUT2D eigenvalue weighted by molar-refractivity contribution is 5.80. The third kappa shape index (κ3) is 2.95. The minimum absolute atomic E-state index is 1.08. The number of aliphatic carboxylic acids is 1. The lowest BCUT2D eigenvalue weighted by molar-refractivity contribution is -0.191. The summed E-state index contributed by atoms with van der Waals surface area (Å²) in [6.07, 6.45) is -3.51. The van der Waals surface area contributed by atoms with E-state index in [9.17, 15) is 18.5 Å². The number of carbonyl (C=O) groups is 2. The Morgan fingerprint density at radius 1 is 1.60 bits per heavy atom. The number of carbonyl (C=O) groups excluding carboxylic acids is 1. The largest absolute Gasteiger partial charge is 0.481 e. The van der Waals surface area contributed by atoms with E-state index in [0.717, 1.165) is 0 Å². The third-order valence-corrected chi connectivity index (χ3v) is 0.686. The number of carboxylic acids is 1. The van der Waals surface area contributed by atoms with Crippen LogP contribution in [0.25, 0.3) is 0 Å². The van der Waals surface area contributed by atoms with Crippen LogP contribution in [0, 0.1) is 0 Å². The van der Waals surface area contributed by atoms with Crippen molar-refractivity contribution in [1.82, 2.24) is 0 Å². The van der Waals surface area contributed by atoms with E-state index in [-0.39, 0.29) is 0 Å². The van der Waals surface area contributed by atoms with E-state index in [1.807, 2.05) is 0 Å². The summed E-state index contributed by atoms with van der Waals surface area (Å²) in [4.78, 5) is 21.9. The van der Waals surface area contributed by atoms with Crippen molar-refractivity contribution in [3.8, 4) is 0 Å². The highest BCUT2D eigenvalue weighted by Crippen LogP contribution is 2.00. The van der Waals surface area contributed by atoms with Gasteiger partial charge in [0.1, 0.15) is 0 Å². The second kappa shape index (κ2) is 3.76. The van der Waals surface area contributed by atoms with Gasteiger partial charge < -0.3 is 5.11 Å². The first-order chi connectivity index (χ1) is 4.57. The normalized spacial score (nSPS) is 12.2. The van der Waals surface area contributed by atoms with Gasteiger partial charge in [0, 0.05) is 4.53 Å². The summed E-state index contributed by atoms with van der Waals surface area (Å²) in [5.41, 5.74) is 0. The maximum Gasteiger partial charge on any atom is 0.383 e. The summed E-state index contributed by atoms with van der Waals surface area (Å²) in [7, 11) is 0. The van der Waals surface area contributed by atoms with Crippen LogP contribution in [0.5, 0.6) is 0 Å². The molecule has 0 aliphatic carbocycles. The first-order valence-corrected chi connectivity index (χ1v) is 2.26. The summed E-state index contributed by atoms with van der Waals surface area (Å²) in [5.74, 6) is -3.35. The Morgan fingerprint density at radius 2 is 2.10 bits per heavy atom. The van der Waals surface area contributed by atoms with Gasteiger partial charge in [0.05, 0.1) is 6.42 Å². The summed E-state index contributed by atoms with van der Waals surface area (Å²) < 4.78 is 22.8. The van der Waals surface area contributed by atoms with E-state index in [1.54, 1.807) is 0 Å². The lowest BCUT2D eigenvalue weighted by Gasteiger charge is -1.96. The van der Waals surface area contributed by atoms with Gasteiger partial charge in [-0.05, 0) is 0 Å². The smallest absolute Gasteiger partial charge is 0.383 e. The van der Waals surface area contributed by atoms with Crippen LogP contribution in [0.15, 0.2) is 0 Å². The summed E-state index contributed by atoms with van der Waals surface area (Å²) >= 11 is 0. The molecule has 0 spiro atoms. The molecule has 0 aromatic rings. The van der Waals surface area contributed by atoms with E-state index in [2.05, 4.69) is 4.94 Å². The second-order valence-corrected chi connectivity index (χ2v) is 1.46. The number of carboxylic acid groups (broad SMARTS) is 1. The van der Waals surface area contributed by atoms with E-state index >= 15 is 0 Å². The molecule has 0 fully saturated rings. The van der Waals surface area contributed by atoms with E-state index in [0.29, 0.717) is 0 Å². The van der Waals surface area contributed by atoms with Crippen LogP contribution in [-0.4, -0.2) is 23.2 Å². The molecular weight excluding hydrogens is 150 g/mol. The van der Waals surface area contributed by atoms with Crippen LogP contribution in [0.2, 0.25) is 0 Å². The van der Waals surface area contributed by atoms with Crippen molar-refractivity contribution in [2.75, 3.05) is 0 Å². The lowest BCUT2D eigenvalue weighted by Crippen LogP contribution is -2.19. The summed E-state index contributed by atoms with van der Waals surface area (Å²) in [6, 6.07) is 0. The maximum absolute atomic E-state index is 12.0. The van der Waals surface area contributed by atoms with E-state index in [4.69, 9.17) is 5.11 Å². The summed E-state index contributed by atoms with van der Waals surface area (Å²) in [6.45, 7) is 0. The zero-order valence-corrected chi connectivity index (χ0v) is 4.71. The Labute approximate surface area is 54.3 Å². The predicted octanol–water partition coefficient (Wildman–Crippen LogP) is 0.227. The fourth-order valence-electron chi connectivity index (χ4n) is 0.285. The van der Waals surface area contributed by atoms with Crippen molar-refractivity contribution in [3.05, 3.63) is 0 Å². The number of hydrogen-bond acceptors (Lipinski definition) is 3. The van der Waals surface area contributed by atoms with Crippen LogP contribution >= 0.6 is 0 Å². The number of alkyl halides is 1. The van der Waals surface area contributed by atoms with Gasteiger partial charge in [0.15, 0.2) is 0 Å². The van der Waals surface area contributed by atoms with Crippen LogP contribution in [0.1, 0.15) is 6.42 Å². The molecular formula is C4H4F2O4. The van der Waals surface area contributed by atoms with Crippen LogP contribution in [0.3, 0.4) is 0 Å². The highest BCUT2D eigenvalue weighted by atomic mass is 19.3. The predicted molar refractivity (Wildman–Crippen MR) is 24.3 cm³/mol. The topological polar surface area (TPSA) is 63.6 Å². The molecule has 0 rings (SSSR count). The monoisotopic (exact) mass is 154 g/mol. The standard InChI is InChI=1S/C4H4F2O4/c5-2(1-3(7)8)4(9)10-6/h2H,1H2,(H,7,8). The van der Waals surface area contributed by atoms with Crippen LogP contribution in [0.4, 0.5) is 8.92 Å². The van der Waals surface area contributed by atoms with Crippen LogP contribution in [-0.2, 0) is 14.5 Å². The van der Waals surface area contributed by atoms with Crippen molar-refractivity contribution in [2.24, 2.45) is 0 Å². The minimum atomic E-state index is -2.43. The molecule has 10 heavy (non-hydrogen) atoms. The van der Waals surface area contributed by atoms with Crippen molar-refractivity contribution >= 4 is 11.9 Å². The van der Waals surface area contributed by atoms with Gasteiger partial charge in [-0.25, -0.2) is 9.18 Å². The van der Waals surface area contributed by atoms with Gasteiger partial charge in [0.25, 0.3) is 0 Å². The zero-order valence-electron chi connectivity index (χ0n) is 4.71. The maximum atomic E-state index is 12.0. The third-order valence-electron chi connectivity index (χ3n) is 0.686. The Hall–Kier alpha value is -1.20. The molecule has 0 amide bonds. The molecule has 6 heteroatoms. The molecule has 1 unspecified atom stereocenters. The molecule has 0 heterocycles. The van der Waals surface area contributed by atoms with Gasteiger partial charge >= 0.3 is 11.9 Å². The van der Waals surface area contributed by atoms with Gasteiger partial charge in [-0.2, -0.15) is 0 Å². The SMILES string of the molecule is O=C(O)CC(F)C(=O)OF. The number of hydrogen-bond donors (Lipinski definition) is 1. The lowest BCUT2D eigenvalue weighted by atomic mass is 10.3. The second-order valence-electron chi connectivity index (χ2n) is 1.46. The summed E-state index contributed by atoms with van der Waals surface area (Å²) in [5, 5.41) is 7.86. The number of rotatable bonds is 3. The molecule has 0 radical (unpaired) electrons. The molecule has 1 atom stereocenters. The Kier molecular flexibility index (Phi) is 3.30. The Bertz CT molecular complexity index is 146. The van der Waals surface area contributed by atoms with E-state index in [1.165, 1.54) is 0 Å². The first-order valence-electron chi connectivity index (χ1n) is 2.26. The molecule has 0 saturated carbocycles. The highest BCUT2D eigenvalue weighted by Gasteiger charge is 2.22. The van der Waals surface area contributed by atoms with Crippen molar-refractivity contribution in [3.63, 3.8) is 0 Å². The molecule has 0 aromatic heterocycles. The van der Waals surface area contributed by atoms with Crippen LogP contribution < -0.4 is 0 Å². The Balaban J connectivity index is 3.72. The molecule has 0 saturated heterocycles. The zero-order chi connectivity index (χ0) is 8.15. The van der Waals surface area contributed by atoms with Gasteiger partial charge in [0.2, 0.25) is 6.17 Å². The minimum Gasteiger partial charge on any atom is -0.481 e. The molecule has 4 nitrogen and oxygen atoms in total.